The highest BCUT2D eigenvalue weighted by molar-refractivity contribution is 7.89. The molecule has 7 heteroatoms. The van der Waals surface area contributed by atoms with E-state index >= 15 is 0 Å². The van der Waals surface area contributed by atoms with E-state index in [0.29, 0.717) is 13.0 Å². The predicted molar refractivity (Wildman–Crippen MR) is 62.0 cm³/mol. The fourth-order valence-corrected chi connectivity index (χ4v) is 3.21. The number of sulfonamides is 1. The largest absolute Gasteiger partial charge is 0.392 e. The number of aliphatic hydroxyl groups is 1. The maximum Gasteiger partial charge on any atom is 0.262 e. The lowest BCUT2D eigenvalue weighted by molar-refractivity contribution is 0.189. The summed E-state index contributed by atoms with van der Waals surface area (Å²) in [6.07, 6.45) is 2.98. The topological polar surface area (TPSA) is 75.4 Å². The van der Waals surface area contributed by atoms with Crippen LogP contribution < -0.4 is 0 Å². The average molecular weight is 259 g/mol. The van der Waals surface area contributed by atoms with Gasteiger partial charge in [-0.3, -0.25) is 0 Å². The molecule has 1 aliphatic heterocycles. The Morgan fingerprint density at radius 2 is 2.24 bits per heavy atom. The molecule has 0 spiro atoms. The van der Waals surface area contributed by atoms with Gasteiger partial charge in [0, 0.05) is 25.3 Å². The summed E-state index contributed by atoms with van der Waals surface area (Å²) in [5.74, 6) is 0. The Bertz CT molecular complexity index is 495. The van der Waals surface area contributed by atoms with Crippen LogP contribution in [0.3, 0.4) is 0 Å². The second-order valence-corrected chi connectivity index (χ2v) is 6.44. The van der Waals surface area contributed by atoms with Crippen LogP contribution in [0.1, 0.15) is 26.3 Å². The third-order valence-corrected chi connectivity index (χ3v) is 4.66. The van der Waals surface area contributed by atoms with Gasteiger partial charge in [-0.2, -0.15) is 4.31 Å². The summed E-state index contributed by atoms with van der Waals surface area (Å²) >= 11 is 0. The highest BCUT2D eigenvalue weighted by atomic mass is 32.2. The lowest BCUT2D eigenvalue weighted by atomic mass is 10.3. The molecule has 0 aromatic carbocycles. The first kappa shape index (κ1) is 12.5. The van der Waals surface area contributed by atoms with Crippen molar-refractivity contribution in [2.24, 2.45) is 0 Å². The van der Waals surface area contributed by atoms with E-state index in [4.69, 9.17) is 0 Å². The number of β-amino-alcohol motifs (C(OH)–C–C–N with tert-alkyl or cyclic N) is 1. The number of hydrogen-bond donors (Lipinski definition) is 1. The molecule has 96 valence electrons. The second kappa shape index (κ2) is 4.40. The van der Waals surface area contributed by atoms with Crippen LogP contribution >= 0.6 is 0 Å². The number of hydrogen-bond acceptors (Lipinski definition) is 4. The molecule has 0 radical (unpaired) electrons. The van der Waals surface area contributed by atoms with Crippen LogP contribution in [0.25, 0.3) is 0 Å². The summed E-state index contributed by atoms with van der Waals surface area (Å²) < 4.78 is 27.3. The number of aromatic nitrogens is 2. The van der Waals surface area contributed by atoms with Gasteiger partial charge in [-0.05, 0) is 20.3 Å². The first-order valence-corrected chi connectivity index (χ1v) is 7.07. The smallest absolute Gasteiger partial charge is 0.262 e. The van der Waals surface area contributed by atoms with Gasteiger partial charge in [0.15, 0.2) is 5.03 Å². The molecule has 17 heavy (non-hydrogen) atoms. The molecular weight excluding hydrogens is 242 g/mol. The van der Waals surface area contributed by atoms with Crippen molar-refractivity contribution in [3.8, 4) is 0 Å². The van der Waals surface area contributed by atoms with Crippen LogP contribution in [-0.4, -0.2) is 46.6 Å². The zero-order valence-electron chi connectivity index (χ0n) is 9.94. The predicted octanol–water partition coefficient (Wildman–Crippen LogP) is 0.219. The Balaban J connectivity index is 2.25. The zero-order valence-corrected chi connectivity index (χ0v) is 10.8. The molecule has 0 saturated carbocycles. The van der Waals surface area contributed by atoms with Crippen LogP contribution in [-0.2, 0) is 10.0 Å². The molecule has 1 aliphatic rings. The lowest BCUT2D eigenvalue weighted by Crippen LogP contribution is -2.29. The van der Waals surface area contributed by atoms with Crippen molar-refractivity contribution in [3.63, 3.8) is 0 Å². The van der Waals surface area contributed by atoms with Crippen molar-refractivity contribution < 1.29 is 13.5 Å². The van der Waals surface area contributed by atoms with Crippen molar-refractivity contribution >= 4 is 10.0 Å². The summed E-state index contributed by atoms with van der Waals surface area (Å²) in [6.45, 7) is 4.43. The molecule has 0 unspecified atom stereocenters. The van der Waals surface area contributed by atoms with Crippen molar-refractivity contribution in [2.45, 2.75) is 37.4 Å². The van der Waals surface area contributed by atoms with Gasteiger partial charge in [0.05, 0.1) is 12.4 Å². The Kier molecular flexibility index (Phi) is 3.24. The monoisotopic (exact) mass is 259 g/mol. The van der Waals surface area contributed by atoms with E-state index in [1.165, 1.54) is 16.8 Å². The highest BCUT2D eigenvalue weighted by Gasteiger charge is 2.33. The van der Waals surface area contributed by atoms with E-state index in [1.54, 1.807) is 4.57 Å². The second-order valence-electron chi connectivity index (χ2n) is 4.56. The van der Waals surface area contributed by atoms with Crippen molar-refractivity contribution in [3.05, 3.63) is 12.5 Å². The van der Waals surface area contributed by atoms with E-state index in [-0.39, 0.29) is 17.6 Å². The van der Waals surface area contributed by atoms with Gasteiger partial charge in [0.1, 0.15) is 0 Å². The summed E-state index contributed by atoms with van der Waals surface area (Å²) in [6, 6.07) is 0.176. The van der Waals surface area contributed by atoms with Crippen LogP contribution in [0.2, 0.25) is 0 Å². The molecule has 1 saturated heterocycles. The molecule has 1 aromatic rings. The SMILES string of the molecule is CC(C)n1cnc(S(=O)(=O)N2CC[C@H](O)C2)c1. The fraction of sp³-hybridized carbons (Fsp3) is 0.700. The number of imidazole rings is 1. The van der Waals surface area contributed by atoms with E-state index < -0.39 is 16.1 Å². The van der Waals surface area contributed by atoms with Crippen LogP contribution in [0.15, 0.2) is 17.6 Å². The van der Waals surface area contributed by atoms with Gasteiger partial charge in [-0.25, -0.2) is 13.4 Å². The molecule has 0 bridgehead atoms. The zero-order chi connectivity index (χ0) is 12.6. The van der Waals surface area contributed by atoms with Crippen LogP contribution in [0.5, 0.6) is 0 Å². The quantitative estimate of drug-likeness (QED) is 0.842. The Morgan fingerprint density at radius 3 is 2.71 bits per heavy atom. The summed E-state index contributed by atoms with van der Waals surface area (Å²) in [7, 11) is -3.54. The molecule has 1 fully saturated rings. The Morgan fingerprint density at radius 1 is 1.53 bits per heavy atom. The first-order chi connectivity index (χ1) is 7.91. The third-order valence-electron chi connectivity index (χ3n) is 2.90. The van der Waals surface area contributed by atoms with Crippen molar-refractivity contribution in [1.82, 2.24) is 13.9 Å². The molecule has 2 rings (SSSR count). The number of nitrogens with zero attached hydrogens (tertiary/aromatic N) is 3. The molecular formula is C10H17N3O3S. The molecule has 2 heterocycles. The van der Waals surface area contributed by atoms with Gasteiger partial charge in [0.2, 0.25) is 0 Å². The molecule has 1 atom stereocenters. The van der Waals surface area contributed by atoms with Crippen molar-refractivity contribution in [2.75, 3.05) is 13.1 Å². The molecule has 0 aliphatic carbocycles. The van der Waals surface area contributed by atoms with E-state index in [2.05, 4.69) is 4.98 Å². The van der Waals surface area contributed by atoms with E-state index in [9.17, 15) is 13.5 Å². The molecule has 1 aromatic heterocycles. The van der Waals surface area contributed by atoms with Gasteiger partial charge in [-0.15, -0.1) is 0 Å². The van der Waals surface area contributed by atoms with Crippen molar-refractivity contribution in [1.29, 1.82) is 0 Å². The number of aliphatic hydroxyl groups excluding tert-OH is 1. The summed E-state index contributed by atoms with van der Waals surface area (Å²) in [5, 5.41) is 9.43. The van der Waals surface area contributed by atoms with Gasteiger partial charge < -0.3 is 9.67 Å². The average Bonchev–Trinajstić information content (AvgIpc) is 2.85. The maximum atomic E-state index is 12.2. The Labute approximate surface area is 101 Å². The minimum absolute atomic E-state index is 0.0558. The molecule has 6 nitrogen and oxygen atoms in total. The molecule has 0 amide bonds. The fourth-order valence-electron chi connectivity index (χ4n) is 1.79. The minimum Gasteiger partial charge on any atom is -0.392 e. The highest BCUT2D eigenvalue weighted by Crippen LogP contribution is 2.20. The minimum atomic E-state index is -3.54. The van der Waals surface area contributed by atoms with E-state index in [0.717, 1.165) is 0 Å². The van der Waals surface area contributed by atoms with E-state index in [1.807, 2.05) is 13.8 Å². The Hall–Kier alpha value is -0.920. The van der Waals surface area contributed by atoms with Gasteiger partial charge >= 0.3 is 0 Å². The normalized spacial score (nSPS) is 22.5. The third kappa shape index (κ3) is 2.36. The molecule has 1 N–H and O–H groups in total. The van der Waals surface area contributed by atoms with Crippen LogP contribution in [0, 0.1) is 0 Å². The standard InChI is InChI=1S/C10H17N3O3S/c1-8(2)12-6-10(11-7-12)17(15,16)13-4-3-9(14)5-13/h6-9,14H,3-5H2,1-2H3/t9-/m0/s1. The van der Waals surface area contributed by atoms with Crippen LogP contribution in [0.4, 0.5) is 0 Å². The van der Waals surface area contributed by atoms with Gasteiger partial charge in [-0.1, -0.05) is 0 Å². The van der Waals surface area contributed by atoms with Gasteiger partial charge in [0.25, 0.3) is 10.0 Å². The number of rotatable bonds is 3. The summed E-state index contributed by atoms with van der Waals surface area (Å²) in [5.41, 5.74) is 0. The lowest BCUT2D eigenvalue weighted by Gasteiger charge is -2.13. The first-order valence-electron chi connectivity index (χ1n) is 5.63. The maximum absolute atomic E-state index is 12.2. The summed E-state index contributed by atoms with van der Waals surface area (Å²) in [4.78, 5) is 3.93.